The van der Waals surface area contributed by atoms with Crippen molar-refractivity contribution in [2.24, 2.45) is 7.05 Å². The average molecular weight is 377 g/mol. The lowest BCUT2D eigenvalue weighted by Crippen LogP contribution is -2.48. The Labute approximate surface area is 157 Å². The molecular weight excluding hydrogens is 353 g/mol. The molecule has 9 nitrogen and oxygen atoms in total. The van der Waals surface area contributed by atoms with Crippen LogP contribution in [-0.4, -0.2) is 54.1 Å². The summed E-state index contributed by atoms with van der Waals surface area (Å²) < 4.78 is 15.0. The number of hydrogen-bond donors (Lipinski definition) is 2. The van der Waals surface area contributed by atoms with Crippen molar-refractivity contribution in [3.05, 3.63) is 30.1 Å². The van der Waals surface area contributed by atoms with E-state index < -0.39 is 0 Å². The van der Waals surface area contributed by atoms with Crippen LogP contribution in [-0.2, 0) is 11.9 Å². The van der Waals surface area contributed by atoms with Crippen LogP contribution in [0.1, 0.15) is 12.8 Å². The van der Waals surface area contributed by atoms with Crippen molar-refractivity contribution >= 4 is 23.6 Å². The number of piperidine rings is 1. The molecule has 1 aromatic carbocycles. The van der Waals surface area contributed by atoms with Crippen LogP contribution >= 0.6 is 0 Å². The average Bonchev–Trinajstić information content (AvgIpc) is 3.04. The second-order valence-corrected chi connectivity index (χ2v) is 6.44. The number of amides is 2. The van der Waals surface area contributed by atoms with Crippen LogP contribution in [0, 0.1) is 5.82 Å². The molecular formula is C17H24FN7O2. The van der Waals surface area contributed by atoms with Crippen molar-refractivity contribution in [1.29, 1.82) is 0 Å². The van der Waals surface area contributed by atoms with Crippen LogP contribution in [0.15, 0.2) is 24.3 Å². The fraction of sp³-hybridized carbons (Fsp3) is 0.471. The van der Waals surface area contributed by atoms with Gasteiger partial charge in [0.1, 0.15) is 5.82 Å². The number of hydroxylamine groups is 1. The third-order valence-corrected chi connectivity index (χ3v) is 4.65. The first-order valence-electron chi connectivity index (χ1n) is 8.72. The molecule has 3 rings (SSSR count). The Hall–Kier alpha value is -2.88. The van der Waals surface area contributed by atoms with Gasteiger partial charge < -0.3 is 15.1 Å². The van der Waals surface area contributed by atoms with Crippen molar-refractivity contribution in [3.63, 3.8) is 0 Å². The molecule has 1 saturated heterocycles. The minimum absolute atomic E-state index is 0.0889. The van der Waals surface area contributed by atoms with Gasteiger partial charge in [-0.3, -0.25) is 9.40 Å². The molecule has 0 aliphatic carbocycles. The minimum Gasteiger partial charge on any atom is -0.341 e. The highest BCUT2D eigenvalue weighted by molar-refractivity contribution is 5.73. The molecule has 0 saturated carbocycles. The molecule has 0 unspecified atom stereocenters. The summed E-state index contributed by atoms with van der Waals surface area (Å²) in [5.74, 6) is 1.15. The van der Waals surface area contributed by atoms with Crippen molar-refractivity contribution in [1.82, 2.24) is 25.6 Å². The van der Waals surface area contributed by atoms with Crippen molar-refractivity contribution < 1.29 is 14.0 Å². The predicted octanol–water partition coefficient (Wildman–Crippen LogP) is 1.55. The second-order valence-electron chi connectivity index (χ2n) is 6.44. The van der Waals surface area contributed by atoms with Gasteiger partial charge in [0.15, 0.2) is 0 Å². The molecule has 146 valence electrons. The molecule has 1 aliphatic rings. The monoisotopic (exact) mass is 377 g/mol. The van der Waals surface area contributed by atoms with E-state index in [2.05, 4.69) is 30.7 Å². The molecule has 1 aliphatic heterocycles. The van der Waals surface area contributed by atoms with E-state index in [0.29, 0.717) is 5.95 Å². The van der Waals surface area contributed by atoms with Crippen LogP contribution in [0.2, 0.25) is 0 Å². The van der Waals surface area contributed by atoms with Gasteiger partial charge in [0.2, 0.25) is 11.9 Å². The van der Waals surface area contributed by atoms with Gasteiger partial charge in [-0.15, -0.1) is 10.2 Å². The predicted molar refractivity (Wildman–Crippen MR) is 99.4 cm³/mol. The summed E-state index contributed by atoms with van der Waals surface area (Å²) in [5, 5.41) is 11.5. The fourth-order valence-electron chi connectivity index (χ4n) is 3.19. The number of aromatic nitrogens is 3. The van der Waals surface area contributed by atoms with E-state index in [1.165, 1.54) is 19.2 Å². The Morgan fingerprint density at radius 3 is 2.56 bits per heavy atom. The van der Waals surface area contributed by atoms with E-state index in [9.17, 15) is 9.18 Å². The number of benzene rings is 1. The van der Waals surface area contributed by atoms with Crippen LogP contribution in [0.4, 0.5) is 26.8 Å². The standard InChI is InChI=1S/C17H24FN7O2/c1-23(14-6-4-12(18)5-7-14)16-20-21-17(24(16)2)25-10-8-13(9-11-25)19-15(26)22-27-3/h4-7,13H,8-11H2,1-3H3,(H2,19,22,26). The molecule has 0 spiro atoms. The smallest absolute Gasteiger partial charge is 0.338 e. The topological polar surface area (TPSA) is 87.6 Å². The van der Waals surface area contributed by atoms with Gasteiger partial charge in [-0.25, -0.2) is 14.7 Å². The molecule has 2 amide bonds. The number of urea groups is 1. The van der Waals surface area contributed by atoms with Gasteiger partial charge in [-0.05, 0) is 37.1 Å². The van der Waals surface area contributed by atoms with Crippen LogP contribution in [0.25, 0.3) is 0 Å². The van der Waals surface area contributed by atoms with Gasteiger partial charge >= 0.3 is 6.03 Å². The van der Waals surface area contributed by atoms with E-state index in [1.807, 2.05) is 23.6 Å². The van der Waals surface area contributed by atoms with Gasteiger partial charge in [0, 0.05) is 38.9 Å². The normalized spacial score (nSPS) is 14.9. The van der Waals surface area contributed by atoms with Crippen molar-refractivity contribution in [3.8, 4) is 0 Å². The highest BCUT2D eigenvalue weighted by Crippen LogP contribution is 2.26. The van der Waals surface area contributed by atoms with Crippen LogP contribution in [0.5, 0.6) is 0 Å². The number of carbonyl (C=O) groups excluding carboxylic acids is 1. The number of nitrogens with zero attached hydrogens (tertiary/aromatic N) is 5. The largest absolute Gasteiger partial charge is 0.341 e. The molecule has 0 bridgehead atoms. The molecule has 0 radical (unpaired) electrons. The zero-order valence-electron chi connectivity index (χ0n) is 15.6. The summed E-state index contributed by atoms with van der Waals surface area (Å²) in [6.45, 7) is 1.51. The summed E-state index contributed by atoms with van der Waals surface area (Å²) in [6, 6.07) is 5.99. The summed E-state index contributed by atoms with van der Waals surface area (Å²) in [5.41, 5.74) is 3.09. The highest BCUT2D eigenvalue weighted by atomic mass is 19.1. The quantitative estimate of drug-likeness (QED) is 0.769. The number of rotatable bonds is 5. The molecule has 2 aromatic rings. The van der Waals surface area contributed by atoms with Crippen LogP contribution < -0.4 is 20.6 Å². The third kappa shape index (κ3) is 4.27. The van der Waals surface area contributed by atoms with E-state index in [1.54, 1.807) is 12.1 Å². The number of nitrogens with one attached hydrogen (secondary N) is 2. The van der Waals surface area contributed by atoms with Gasteiger partial charge in [-0.2, -0.15) is 0 Å². The number of hydrogen-bond acceptors (Lipinski definition) is 6. The summed E-state index contributed by atoms with van der Waals surface area (Å²) in [7, 11) is 5.17. The molecule has 27 heavy (non-hydrogen) atoms. The zero-order valence-corrected chi connectivity index (χ0v) is 15.6. The summed E-state index contributed by atoms with van der Waals surface area (Å²) in [4.78, 5) is 20.1. The van der Waals surface area contributed by atoms with E-state index in [-0.39, 0.29) is 17.9 Å². The van der Waals surface area contributed by atoms with E-state index in [0.717, 1.165) is 37.6 Å². The Morgan fingerprint density at radius 1 is 1.26 bits per heavy atom. The number of carbonyl (C=O) groups is 1. The second kappa shape index (κ2) is 8.21. The number of halogens is 1. The van der Waals surface area contributed by atoms with Crippen molar-refractivity contribution in [2.45, 2.75) is 18.9 Å². The van der Waals surface area contributed by atoms with Gasteiger partial charge in [0.05, 0.1) is 7.11 Å². The molecule has 10 heteroatoms. The Bertz CT molecular complexity index is 772. The van der Waals surface area contributed by atoms with Gasteiger partial charge in [-0.1, -0.05) is 0 Å². The van der Waals surface area contributed by atoms with Crippen molar-refractivity contribution in [2.75, 3.05) is 37.0 Å². The van der Waals surface area contributed by atoms with E-state index >= 15 is 0 Å². The SMILES string of the molecule is CONC(=O)NC1CCN(c2nnc(N(C)c3ccc(F)cc3)n2C)CC1. The lowest BCUT2D eigenvalue weighted by molar-refractivity contribution is 0.105. The molecule has 1 aromatic heterocycles. The van der Waals surface area contributed by atoms with E-state index in [4.69, 9.17) is 0 Å². The Morgan fingerprint density at radius 2 is 1.93 bits per heavy atom. The lowest BCUT2D eigenvalue weighted by atomic mass is 10.1. The first-order valence-corrected chi connectivity index (χ1v) is 8.72. The lowest BCUT2D eigenvalue weighted by Gasteiger charge is -2.32. The summed E-state index contributed by atoms with van der Waals surface area (Å²) in [6.07, 6.45) is 1.60. The van der Waals surface area contributed by atoms with Gasteiger partial charge in [0.25, 0.3) is 0 Å². The third-order valence-electron chi connectivity index (χ3n) is 4.65. The van der Waals surface area contributed by atoms with Crippen LogP contribution in [0.3, 0.4) is 0 Å². The zero-order chi connectivity index (χ0) is 19.4. The summed E-state index contributed by atoms with van der Waals surface area (Å²) >= 11 is 0. The maximum atomic E-state index is 13.1. The molecule has 2 heterocycles. The Balaban J connectivity index is 1.64. The molecule has 2 N–H and O–H groups in total. The highest BCUT2D eigenvalue weighted by Gasteiger charge is 2.25. The maximum Gasteiger partial charge on any atom is 0.338 e. The first-order chi connectivity index (χ1) is 13.0. The first kappa shape index (κ1) is 18.9. The maximum absolute atomic E-state index is 13.1. The molecule has 1 fully saturated rings. The Kier molecular flexibility index (Phi) is 5.75. The fourth-order valence-corrected chi connectivity index (χ4v) is 3.19. The number of anilines is 3. The molecule has 0 atom stereocenters. The minimum atomic E-state index is -0.335.